The van der Waals surface area contributed by atoms with E-state index in [2.05, 4.69) is 10.3 Å². The van der Waals surface area contributed by atoms with Gasteiger partial charge in [-0.2, -0.15) is 0 Å². The summed E-state index contributed by atoms with van der Waals surface area (Å²) < 4.78 is 5.42. The van der Waals surface area contributed by atoms with Crippen LogP contribution in [0.5, 0.6) is 0 Å². The number of amides is 1. The Morgan fingerprint density at radius 1 is 1.36 bits per heavy atom. The second-order valence-electron chi connectivity index (χ2n) is 5.72. The molecule has 2 N–H and O–H groups in total. The van der Waals surface area contributed by atoms with Gasteiger partial charge in [0, 0.05) is 24.7 Å². The number of aliphatic hydroxyl groups excluding tert-OH is 1. The van der Waals surface area contributed by atoms with Crippen molar-refractivity contribution in [2.24, 2.45) is 5.92 Å². The molecule has 1 atom stereocenters. The van der Waals surface area contributed by atoms with Crippen LogP contribution in [0.15, 0.2) is 36.5 Å². The van der Waals surface area contributed by atoms with Gasteiger partial charge in [-0.25, -0.2) is 0 Å². The molecule has 1 aliphatic rings. The SMILES string of the molecule is O=C(NCC(O)COCC1CC1)c1ccnc2ccccc12. The molecule has 0 radical (unpaired) electrons. The van der Waals surface area contributed by atoms with Crippen molar-refractivity contribution in [2.75, 3.05) is 19.8 Å². The molecule has 0 spiro atoms. The van der Waals surface area contributed by atoms with Gasteiger partial charge in [0.25, 0.3) is 5.91 Å². The lowest BCUT2D eigenvalue weighted by molar-refractivity contribution is 0.0321. The summed E-state index contributed by atoms with van der Waals surface area (Å²) in [6.45, 7) is 1.15. The number of ether oxygens (including phenoxy) is 1. The molecule has 1 fully saturated rings. The number of carbonyl (C=O) groups excluding carboxylic acids is 1. The summed E-state index contributed by atoms with van der Waals surface area (Å²) in [6.07, 6.45) is 3.38. The largest absolute Gasteiger partial charge is 0.389 e. The van der Waals surface area contributed by atoms with Gasteiger partial charge in [0.1, 0.15) is 0 Å². The molecule has 1 unspecified atom stereocenters. The molecule has 1 saturated carbocycles. The number of fused-ring (bicyclic) bond motifs is 1. The zero-order valence-corrected chi connectivity index (χ0v) is 12.4. The van der Waals surface area contributed by atoms with Crippen LogP contribution in [0.3, 0.4) is 0 Å². The standard InChI is InChI=1S/C17H20N2O3/c20-13(11-22-10-12-5-6-12)9-19-17(21)15-7-8-18-16-4-2-1-3-14(15)16/h1-4,7-8,12-13,20H,5-6,9-11H2,(H,19,21). The Balaban J connectivity index is 1.54. The fraction of sp³-hybridized carbons (Fsp3) is 0.412. The molecule has 22 heavy (non-hydrogen) atoms. The molecule has 1 aromatic heterocycles. The maximum absolute atomic E-state index is 12.3. The molecule has 5 heteroatoms. The van der Waals surface area contributed by atoms with Crippen molar-refractivity contribution in [3.63, 3.8) is 0 Å². The van der Waals surface area contributed by atoms with Crippen molar-refractivity contribution in [1.29, 1.82) is 0 Å². The van der Waals surface area contributed by atoms with E-state index in [1.165, 1.54) is 12.8 Å². The summed E-state index contributed by atoms with van der Waals surface area (Å²) in [4.78, 5) is 16.5. The Bertz CT molecular complexity index is 650. The second kappa shape index (κ2) is 6.85. The number of para-hydroxylation sites is 1. The third-order valence-electron chi connectivity index (χ3n) is 3.75. The first-order valence-corrected chi connectivity index (χ1v) is 7.62. The number of hydrogen-bond acceptors (Lipinski definition) is 4. The third kappa shape index (κ3) is 3.81. The van der Waals surface area contributed by atoms with Gasteiger partial charge in [-0.15, -0.1) is 0 Å². The monoisotopic (exact) mass is 300 g/mol. The number of nitrogens with zero attached hydrogens (tertiary/aromatic N) is 1. The van der Waals surface area contributed by atoms with Crippen molar-refractivity contribution in [2.45, 2.75) is 18.9 Å². The Labute approximate surface area is 129 Å². The molecular formula is C17H20N2O3. The van der Waals surface area contributed by atoms with Crippen LogP contribution in [-0.2, 0) is 4.74 Å². The van der Waals surface area contributed by atoms with Crippen LogP contribution in [0.25, 0.3) is 10.9 Å². The summed E-state index contributed by atoms with van der Waals surface area (Å²) in [5, 5.41) is 13.4. The van der Waals surface area contributed by atoms with E-state index in [0.29, 0.717) is 18.1 Å². The molecule has 5 nitrogen and oxygen atoms in total. The summed E-state index contributed by atoms with van der Waals surface area (Å²) in [7, 11) is 0. The first-order valence-electron chi connectivity index (χ1n) is 7.62. The number of aliphatic hydroxyl groups is 1. The number of rotatable bonds is 7. The van der Waals surface area contributed by atoms with Gasteiger partial charge in [0.15, 0.2) is 0 Å². The smallest absolute Gasteiger partial charge is 0.252 e. The van der Waals surface area contributed by atoms with Crippen LogP contribution in [0.2, 0.25) is 0 Å². The quantitative estimate of drug-likeness (QED) is 0.817. The maximum atomic E-state index is 12.3. The Hall–Kier alpha value is -1.98. The van der Waals surface area contributed by atoms with Crippen LogP contribution in [0, 0.1) is 5.92 Å². The predicted molar refractivity (Wildman–Crippen MR) is 83.6 cm³/mol. The molecule has 1 aliphatic carbocycles. The number of pyridine rings is 1. The summed E-state index contributed by atoms with van der Waals surface area (Å²) >= 11 is 0. The van der Waals surface area contributed by atoms with Crippen LogP contribution >= 0.6 is 0 Å². The van der Waals surface area contributed by atoms with Crippen LogP contribution < -0.4 is 5.32 Å². The van der Waals surface area contributed by atoms with Crippen molar-refractivity contribution >= 4 is 16.8 Å². The molecule has 1 aromatic carbocycles. The molecule has 0 bridgehead atoms. The van der Waals surface area contributed by atoms with Gasteiger partial charge in [-0.05, 0) is 30.9 Å². The van der Waals surface area contributed by atoms with E-state index >= 15 is 0 Å². The fourth-order valence-corrected chi connectivity index (χ4v) is 2.31. The minimum absolute atomic E-state index is 0.181. The fourth-order valence-electron chi connectivity index (χ4n) is 2.31. The Kier molecular flexibility index (Phi) is 4.65. The van der Waals surface area contributed by atoms with Crippen molar-refractivity contribution < 1.29 is 14.6 Å². The van der Waals surface area contributed by atoms with Gasteiger partial charge in [-0.1, -0.05) is 18.2 Å². The average molecular weight is 300 g/mol. The van der Waals surface area contributed by atoms with E-state index < -0.39 is 6.10 Å². The highest BCUT2D eigenvalue weighted by molar-refractivity contribution is 6.05. The highest BCUT2D eigenvalue weighted by atomic mass is 16.5. The van der Waals surface area contributed by atoms with Crippen molar-refractivity contribution in [1.82, 2.24) is 10.3 Å². The Morgan fingerprint density at radius 2 is 2.18 bits per heavy atom. The van der Waals surface area contributed by atoms with E-state index in [4.69, 9.17) is 4.74 Å². The van der Waals surface area contributed by atoms with Gasteiger partial charge in [0.2, 0.25) is 0 Å². The van der Waals surface area contributed by atoms with E-state index in [1.807, 2.05) is 24.3 Å². The van der Waals surface area contributed by atoms with Gasteiger partial charge >= 0.3 is 0 Å². The zero-order valence-electron chi connectivity index (χ0n) is 12.4. The topological polar surface area (TPSA) is 71.5 Å². The highest BCUT2D eigenvalue weighted by Gasteiger charge is 2.21. The minimum Gasteiger partial charge on any atom is -0.389 e. The minimum atomic E-state index is -0.684. The zero-order chi connectivity index (χ0) is 15.4. The lowest BCUT2D eigenvalue weighted by Gasteiger charge is -2.13. The molecular weight excluding hydrogens is 280 g/mol. The molecule has 116 valence electrons. The maximum Gasteiger partial charge on any atom is 0.252 e. The number of hydrogen-bond donors (Lipinski definition) is 2. The average Bonchev–Trinajstić information content (AvgIpc) is 3.36. The molecule has 0 aliphatic heterocycles. The lowest BCUT2D eigenvalue weighted by atomic mass is 10.1. The summed E-state index contributed by atoms with van der Waals surface area (Å²) in [5.74, 6) is 0.463. The number of aromatic nitrogens is 1. The van der Waals surface area contributed by atoms with E-state index in [1.54, 1.807) is 12.3 Å². The van der Waals surface area contributed by atoms with Crippen LogP contribution in [0.4, 0.5) is 0 Å². The van der Waals surface area contributed by atoms with Gasteiger partial charge < -0.3 is 15.2 Å². The van der Waals surface area contributed by atoms with Crippen LogP contribution in [-0.4, -0.2) is 41.9 Å². The van der Waals surface area contributed by atoms with Gasteiger partial charge in [-0.3, -0.25) is 9.78 Å². The first kappa shape index (κ1) is 14.9. The highest BCUT2D eigenvalue weighted by Crippen LogP contribution is 2.28. The third-order valence-corrected chi connectivity index (χ3v) is 3.75. The normalized spacial score (nSPS) is 15.7. The summed E-state index contributed by atoms with van der Waals surface area (Å²) in [6, 6.07) is 9.19. The summed E-state index contributed by atoms with van der Waals surface area (Å²) in [5.41, 5.74) is 1.35. The predicted octanol–water partition coefficient (Wildman–Crippen LogP) is 1.75. The molecule has 0 saturated heterocycles. The number of carbonyl (C=O) groups is 1. The number of nitrogens with one attached hydrogen (secondary N) is 1. The van der Waals surface area contributed by atoms with Crippen molar-refractivity contribution in [3.8, 4) is 0 Å². The second-order valence-corrected chi connectivity index (χ2v) is 5.72. The van der Waals surface area contributed by atoms with Crippen molar-refractivity contribution in [3.05, 3.63) is 42.1 Å². The van der Waals surface area contributed by atoms with E-state index in [-0.39, 0.29) is 19.1 Å². The molecule has 3 rings (SSSR count). The van der Waals surface area contributed by atoms with Crippen LogP contribution in [0.1, 0.15) is 23.2 Å². The molecule has 1 amide bonds. The molecule has 1 heterocycles. The molecule has 2 aromatic rings. The number of benzene rings is 1. The van der Waals surface area contributed by atoms with Gasteiger partial charge in [0.05, 0.1) is 23.8 Å². The van der Waals surface area contributed by atoms with E-state index in [9.17, 15) is 9.90 Å². The Morgan fingerprint density at radius 3 is 3.00 bits per heavy atom. The first-order chi connectivity index (χ1) is 10.7. The van der Waals surface area contributed by atoms with E-state index in [0.717, 1.165) is 10.9 Å². The lowest BCUT2D eigenvalue weighted by Crippen LogP contribution is -2.34.